The Bertz CT molecular complexity index is 594. The van der Waals surface area contributed by atoms with Gasteiger partial charge in [-0.3, -0.25) is 0 Å². The van der Waals surface area contributed by atoms with Crippen molar-refractivity contribution in [1.82, 2.24) is 0 Å². The number of fused-ring (bicyclic) bond motifs is 1. The van der Waals surface area contributed by atoms with Gasteiger partial charge in [0, 0.05) is 12.2 Å². The van der Waals surface area contributed by atoms with Gasteiger partial charge in [0.05, 0.1) is 12.7 Å². The number of rotatable bonds is 5. The van der Waals surface area contributed by atoms with E-state index in [1.807, 2.05) is 0 Å². The van der Waals surface area contributed by atoms with E-state index in [1.54, 1.807) is 0 Å². The number of nitrogens with one attached hydrogen (secondary N) is 1. The lowest BCUT2D eigenvalue weighted by atomic mass is 9.89. The first-order valence-corrected chi connectivity index (χ1v) is 7.83. The Kier molecular flexibility index (Phi) is 4.56. The summed E-state index contributed by atoms with van der Waals surface area (Å²) in [4.78, 5) is 0. The molecule has 0 radical (unpaired) electrons. The van der Waals surface area contributed by atoms with Gasteiger partial charge in [-0.25, -0.2) is 0 Å². The standard InChI is InChI=1S/C19H23NO/c1-15-6-4-9-17(14-15)20-12-13-21-19-11-5-8-16-7-2-3-10-18(16)19/h2-4,6-7,9-10,14,19-20H,5,8,11-13H2,1H3. The Morgan fingerprint density at radius 2 is 2.05 bits per heavy atom. The molecule has 2 heteroatoms. The van der Waals surface area contributed by atoms with Crippen molar-refractivity contribution in [1.29, 1.82) is 0 Å². The van der Waals surface area contributed by atoms with Crippen LogP contribution in [0.15, 0.2) is 48.5 Å². The first kappa shape index (κ1) is 14.2. The van der Waals surface area contributed by atoms with Crippen molar-refractivity contribution in [3.8, 4) is 0 Å². The van der Waals surface area contributed by atoms with Crippen LogP contribution in [-0.4, -0.2) is 13.2 Å². The summed E-state index contributed by atoms with van der Waals surface area (Å²) < 4.78 is 6.10. The van der Waals surface area contributed by atoms with Gasteiger partial charge in [0.1, 0.15) is 0 Å². The predicted octanol–water partition coefficient (Wildman–Crippen LogP) is 4.50. The van der Waals surface area contributed by atoms with Crippen LogP contribution >= 0.6 is 0 Å². The second kappa shape index (κ2) is 6.77. The molecule has 2 aromatic rings. The molecule has 0 saturated heterocycles. The highest BCUT2D eigenvalue weighted by Crippen LogP contribution is 2.32. The van der Waals surface area contributed by atoms with Crippen LogP contribution in [0, 0.1) is 6.92 Å². The van der Waals surface area contributed by atoms with Crippen molar-refractivity contribution in [2.45, 2.75) is 32.3 Å². The molecule has 0 bridgehead atoms. The van der Waals surface area contributed by atoms with Gasteiger partial charge in [0.2, 0.25) is 0 Å². The average Bonchev–Trinajstić information content (AvgIpc) is 2.52. The summed E-state index contributed by atoms with van der Waals surface area (Å²) >= 11 is 0. The van der Waals surface area contributed by atoms with E-state index < -0.39 is 0 Å². The molecule has 2 aromatic carbocycles. The molecular weight excluding hydrogens is 258 g/mol. The van der Waals surface area contributed by atoms with Gasteiger partial charge >= 0.3 is 0 Å². The van der Waals surface area contributed by atoms with Crippen molar-refractivity contribution in [2.24, 2.45) is 0 Å². The molecule has 1 N–H and O–H groups in total. The third-order valence-electron chi connectivity index (χ3n) is 4.08. The molecule has 1 aliphatic carbocycles. The maximum Gasteiger partial charge on any atom is 0.0828 e. The van der Waals surface area contributed by atoms with Crippen molar-refractivity contribution in [2.75, 3.05) is 18.5 Å². The Labute approximate surface area is 127 Å². The van der Waals surface area contributed by atoms with Gasteiger partial charge in [-0.15, -0.1) is 0 Å². The maximum absolute atomic E-state index is 6.10. The number of ether oxygens (including phenoxy) is 1. The fourth-order valence-electron chi connectivity index (χ4n) is 3.03. The molecule has 1 aliphatic rings. The van der Waals surface area contributed by atoms with E-state index >= 15 is 0 Å². The minimum Gasteiger partial charge on any atom is -0.383 e. The lowest BCUT2D eigenvalue weighted by Crippen LogP contribution is -2.17. The largest absolute Gasteiger partial charge is 0.383 e. The monoisotopic (exact) mass is 281 g/mol. The van der Waals surface area contributed by atoms with E-state index in [0.29, 0.717) is 0 Å². The summed E-state index contributed by atoms with van der Waals surface area (Å²) in [6, 6.07) is 17.1. The van der Waals surface area contributed by atoms with Crippen LogP contribution in [0.1, 0.15) is 35.6 Å². The molecule has 110 valence electrons. The maximum atomic E-state index is 6.10. The lowest BCUT2D eigenvalue weighted by Gasteiger charge is -2.25. The molecule has 1 atom stereocenters. The van der Waals surface area contributed by atoms with Crippen molar-refractivity contribution in [3.63, 3.8) is 0 Å². The van der Waals surface area contributed by atoms with Gasteiger partial charge in [0.25, 0.3) is 0 Å². The fourth-order valence-corrected chi connectivity index (χ4v) is 3.03. The quantitative estimate of drug-likeness (QED) is 0.815. The van der Waals surface area contributed by atoms with E-state index in [2.05, 4.69) is 60.8 Å². The van der Waals surface area contributed by atoms with Crippen molar-refractivity contribution >= 4 is 5.69 Å². The second-order valence-corrected chi connectivity index (χ2v) is 5.75. The van der Waals surface area contributed by atoms with E-state index in [9.17, 15) is 0 Å². The Morgan fingerprint density at radius 3 is 2.95 bits per heavy atom. The molecule has 21 heavy (non-hydrogen) atoms. The molecule has 3 rings (SSSR count). The van der Waals surface area contributed by atoms with Gasteiger partial charge in [-0.2, -0.15) is 0 Å². The highest BCUT2D eigenvalue weighted by molar-refractivity contribution is 5.45. The van der Waals surface area contributed by atoms with Gasteiger partial charge in [0.15, 0.2) is 0 Å². The van der Waals surface area contributed by atoms with Crippen LogP contribution in [0.2, 0.25) is 0 Å². The van der Waals surface area contributed by atoms with Crippen molar-refractivity contribution < 1.29 is 4.74 Å². The first-order valence-electron chi connectivity index (χ1n) is 7.83. The number of hydrogen-bond acceptors (Lipinski definition) is 2. The zero-order valence-corrected chi connectivity index (χ0v) is 12.6. The Hall–Kier alpha value is -1.80. The van der Waals surface area contributed by atoms with Crippen molar-refractivity contribution in [3.05, 3.63) is 65.2 Å². The molecule has 0 fully saturated rings. The van der Waals surface area contributed by atoms with Crippen LogP contribution < -0.4 is 5.32 Å². The molecule has 0 saturated carbocycles. The molecular formula is C19H23NO. The van der Waals surface area contributed by atoms with E-state index in [4.69, 9.17) is 4.74 Å². The number of benzene rings is 2. The van der Waals surface area contributed by atoms with Gasteiger partial charge < -0.3 is 10.1 Å². The zero-order valence-electron chi connectivity index (χ0n) is 12.6. The van der Waals surface area contributed by atoms with Crippen LogP contribution in [0.5, 0.6) is 0 Å². The average molecular weight is 281 g/mol. The molecule has 0 aliphatic heterocycles. The lowest BCUT2D eigenvalue weighted by molar-refractivity contribution is 0.0477. The van der Waals surface area contributed by atoms with E-state index in [0.717, 1.165) is 19.6 Å². The number of anilines is 1. The molecule has 1 unspecified atom stereocenters. The molecule has 0 spiro atoms. The van der Waals surface area contributed by atoms with E-state index in [1.165, 1.54) is 35.2 Å². The highest BCUT2D eigenvalue weighted by atomic mass is 16.5. The fraction of sp³-hybridized carbons (Fsp3) is 0.368. The van der Waals surface area contributed by atoms with Crippen LogP contribution in [0.25, 0.3) is 0 Å². The number of hydrogen-bond donors (Lipinski definition) is 1. The topological polar surface area (TPSA) is 21.3 Å². The zero-order chi connectivity index (χ0) is 14.5. The van der Waals surface area contributed by atoms with Crippen LogP contribution in [0.3, 0.4) is 0 Å². The normalized spacial score (nSPS) is 17.3. The molecule has 0 amide bonds. The third kappa shape index (κ3) is 3.64. The van der Waals surface area contributed by atoms with Gasteiger partial charge in [-0.1, -0.05) is 36.4 Å². The highest BCUT2D eigenvalue weighted by Gasteiger charge is 2.19. The number of aryl methyl sites for hydroxylation is 2. The summed E-state index contributed by atoms with van der Waals surface area (Å²) in [5.74, 6) is 0. The minimum atomic E-state index is 0.272. The third-order valence-corrected chi connectivity index (χ3v) is 4.08. The minimum absolute atomic E-state index is 0.272. The Morgan fingerprint density at radius 1 is 1.14 bits per heavy atom. The van der Waals surface area contributed by atoms with Crippen LogP contribution in [-0.2, 0) is 11.2 Å². The summed E-state index contributed by atoms with van der Waals surface area (Å²) in [5, 5.41) is 3.42. The SMILES string of the molecule is Cc1cccc(NCCOC2CCCc3ccccc32)c1. The van der Waals surface area contributed by atoms with E-state index in [-0.39, 0.29) is 6.10 Å². The Balaban J connectivity index is 1.50. The second-order valence-electron chi connectivity index (χ2n) is 5.75. The smallest absolute Gasteiger partial charge is 0.0828 e. The summed E-state index contributed by atoms with van der Waals surface area (Å²) in [6.45, 7) is 3.70. The first-order chi connectivity index (χ1) is 10.3. The summed E-state index contributed by atoms with van der Waals surface area (Å²) in [6.07, 6.45) is 3.83. The molecule has 2 nitrogen and oxygen atoms in total. The summed E-state index contributed by atoms with van der Waals surface area (Å²) in [5.41, 5.74) is 5.30. The van der Waals surface area contributed by atoms with Crippen LogP contribution in [0.4, 0.5) is 5.69 Å². The molecule has 0 heterocycles. The summed E-state index contributed by atoms with van der Waals surface area (Å²) in [7, 11) is 0. The predicted molar refractivity (Wildman–Crippen MR) is 87.7 cm³/mol. The molecule has 0 aromatic heterocycles. The van der Waals surface area contributed by atoms with Gasteiger partial charge in [-0.05, 0) is 55.0 Å².